The maximum atomic E-state index is 11.8. The van der Waals surface area contributed by atoms with E-state index in [0.29, 0.717) is 25.4 Å². The number of nitrogens with zero attached hydrogens (tertiary/aromatic N) is 1. The zero-order chi connectivity index (χ0) is 18.8. The topological polar surface area (TPSA) is 67.9 Å². The van der Waals surface area contributed by atoms with Crippen LogP contribution in [-0.2, 0) is 16.1 Å². The maximum Gasteiger partial charge on any atom is 0.258 e. The van der Waals surface area contributed by atoms with Crippen LogP contribution < -0.4 is 14.8 Å². The van der Waals surface area contributed by atoms with Gasteiger partial charge in [0.25, 0.3) is 5.91 Å². The van der Waals surface area contributed by atoms with Crippen molar-refractivity contribution < 1.29 is 19.1 Å². The Hall–Kier alpha value is -3.02. The number of rotatable bonds is 9. The molecule has 6 nitrogen and oxygen atoms in total. The fourth-order valence-electron chi connectivity index (χ4n) is 2.35. The molecule has 0 aliphatic heterocycles. The number of hydrogen-bond acceptors (Lipinski definition) is 4. The second-order valence-corrected chi connectivity index (χ2v) is 5.74. The summed E-state index contributed by atoms with van der Waals surface area (Å²) in [6.45, 7) is 2.74. The molecule has 138 valence electrons. The van der Waals surface area contributed by atoms with Crippen molar-refractivity contribution in [2.45, 2.75) is 13.5 Å². The van der Waals surface area contributed by atoms with E-state index in [2.05, 4.69) is 5.32 Å². The molecule has 6 heteroatoms. The summed E-state index contributed by atoms with van der Waals surface area (Å²) in [4.78, 5) is 25.3. The number of ether oxygens (including phenoxy) is 2. The Labute approximate surface area is 153 Å². The van der Waals surface area contributed by atoms with Crippen molar-refractivity contribution in [2.75, 3.05) is 26.8 Å². The van der Waals surface area contributed by atoms with Crippen LogP contribution in [0.5, 0.6) is 11.5 Å². The number of amides is 2. The van der Waals surface area contributed by atoms with E-state index >= 15 is 0 Å². The summed E-state index contributed by atoms with van der Waals surface area (Å²) in [5.74, 6) is 1.15. The average molecular weight is 356 g/mol. The number of hydrogen-bond donors (Lipinski definition) is 1. The van der Waals surface area contributed by atoms with Gasteiger partial charge in [0.1, 0.15) is 11.5 Å². The highest BCUT2D eigenvalue weighted by atomic mass is 16.5. The van der Waals surface area contributed by atoms with Crippen molar-refractivity contribution in [3.05, 3.63) is 60.2 Å². The summed E-state index contributed by atoms with van der Waals surface area (Å²) in [6.07, 6.45) is 0. The Kier molecular flexibility index (Phi) is 7.49. The fraction of sp³-hybridized carbons (Fsp3) is 0.300. The van der Waals surface area contributed by atoms with Crippen LogP contribution in [0.1, 0.15) is 12.5 Å². The van der Waals surface area contributed by atoms with E-state index in [1.807, 2.05) is 42.5 Å². The van der Waals surface area contributed by atoms with Crippen molar-refractivity contribution in [3.8, 4) is 11.5 Å². The minimum absolute atomic E-state index is 0.0457. The fourth-order valence-corrected chi connectivity index (χ4v) is 2.35. The Morgan fingerprint density at radius 3 is 2.31 bits per heavy atom. The standard InChI is InChI=1S/C20H24N2O4/c1-16(23)22(14-17-8-10-18(25-2)11-9-17)13-12-21-20(24)15-26-19-6-4-3-5-7-19/h3-11H,12-15H2,1-2H3,(H,21,24). The molecule has 0 aliphatic carbocycles. The van der Waals surface area contributed by atoms with Gasteiger partial charge in [0.2, 0.25) is 5.91 Å². The van der Waals surface area contributed by atoms with Crippen molar-refractivity contribution in [1.82, 2.24) is 10.2 Å². The minimum atomic E-state index is -0.221. The van der Waals surface area contributed by atoms with Crippen LogP contribution in [0.15, 0.2) is 54.6 Å². The first-order valence-corrected chi connectivity index (χ1v) is 8.41. The molecule has 0 unspecified atom stereocenters. The molecule has 2 aromatic carbocycles. The molecule has 0 fully saturated rings. The Morgan fingerprint density at radius 1 is 1.00 bits per heavy atom. The molecule has 0 bridgehead atoms. The summed E-state index contributed by atoms with van der Waals surface area (Å²) in [5, 5.41) is 2.76. The predicted molar refractivity (Wildman–Crippen MR) is 99.0 cm³/mol. The van der Waals surface area contributed by atoms with Gasteiger partial charge in [-0.05, 0) is 29.8 Å². The van der Waals surface area contributed by atoms with Crippen LogP contribution in [0.3, 0.4) is 0 Å². The van der Waals surface area contributed by atoms with Crippen molar-refractivity contribution in [1.29, 1.82) is 0 Å². The van der Waals surface area contributed by atoms with Crippen LogP contribution in [0.2, 0.25) is 0 Å². The zero-order valence-corrected chi connectivity index (χ0v) is 15.1. The van der Waals surface area contributed by atoms with E-state index in [0.717, 1.165) is 11.3 Å². The molecular formula is C20H24N2O4. The van der Waals surface area contributed by atoms with E-state index < -0.39 is 0 Å². The summed E-state index contributed by atoms with van der Waals surface area (Å²) in [6, 6.07) is 16.7. The first-order valence-electron chi connectivity index (χ1n) is 8.41. The lowest BCUT2D eigenvalue weighted by atomic mass is 10.2. The molecule has 1 N–H and O–H groups in total. The predicted octanol–water partition coefficient (Wildman–Crippen LogP) is 2.24. The lowest BCUT2D eigenvalue weighted by molar-refractivity contribution is -0.130. The molecule has 2 amide bonds. The molecule has 0 aromatic heterocycles. The third-order valence-corrected chi connectivity index (χ3v) is 3.79. The Bertz CT molecular complexity index is 702. The highest BCUT2D eigenvalue weighted by molar-refractivity contribution is 5.77. The third-order valence-electron chi connectivity index (χ3n) is 3.79. The van der Waals surface area contributed by atoms with Crippen molar-refractivity contribution >= 4 is 11.8 Å². The summed E-state index contributed by atoms with van der Waals surface area (Å²) in [7, 11) is 1.61. The second-order valence-electron chi connectivity index (χ2n) is 5.74. The maximum absolute atomic E-state index is 11.8. The number of nitrogens with one attached hydrogen (secondary N) is 1. The summed E-state index contributed by atoms with van der Waals surface area (Å²) < 4.78 is 10.5. The minimum Gasteiger partial charge on any atom is -0.497 e. The molecule has 0 atom stereocenters. The largest absolute Gasteiger partial charge is 0.497 e. The Balaban J connectivity index is 1.75. The van der Waals surface area contributed by atoms with Gasteiger partial charge < -0.3 is 19.7 Å². The van der Waals surface area contributed by atoms with Crippen LogP contribution >= 0.6 is 0 Å². The Morgan fingerprint density at radius 2 is 1.69 bits per heavy atom. The van der Waals surface area contributed by atoms with Gasteiger partial charge in [0.15, 0.2) is 6.61 Å². The number of para-hydroxylation sites is 1. The van der Waals surface area contributed by atoms with Crippen LogP contribution in [-0.4, -0.2) is 43.5 Å². The molecule has 0 heterocycles. The van der Waals surface area contributed by atoms with Gasteiger partial charge in [-0.15, -0.1) is 0 Å². The van der Waals surface area contributed by atoms with E-state index in [1.54, 1.807) is 24.1 Å². The smallest absolute Gasteiger partial charge is 0.258 e. The van der Waals surface area contributed by atoms with Crippen LogP contribution in [0.25, 0.3) is 0 Å². The zero-order valence-electron chi connectivity index (χ0n) is 15.1. The quantitative estimate of drug-likeness (QED) is 0.748. The van der Waals surface area contributed by atoms with Gasteiger partial charge in [-0.1, -0.05) is 30.3 Å². The van der Waals surface area contributed by atoms with E-state index in [9.17, 15) is 9.59 Å². The third kappa shape index (κ3) is 6.47. The van der Waals surface area contributed by atoms with E-state index in [1.165, 1.54) is 6.92 Å². The highest BCUT2D eigenvalue weighted by Gasteiger charge is 2.10. The first kappa shape index (κ1) is 19.3. The summed E-state index contributed by atoms with van der Waals surface area (Å²) >= 11 is 0. The van der Waals surface area contributed by atoms with Crippen LogP contribution in [0, 0.1) is 0 Å². The summed E-state index contributed by atoms with van der Waals surface area (Å²) in [5.41, 5.74) is 1.000. The highest BCUT2D eigenvalue weighted by Crippen LogP contribution is 2.13. The van der Waals surface area contributed by atoms with Crippen molar-refractivity contribution in [3.63, 3.8) is 0 Å². The molecule has 0 radical (unpaired) electrons. The van der Waals surface area contributed by atoms with Crippen molar-refractivity contribution in [2.24, 2.45) is 0 Å². The number of carbonyl (C=O) groups is 2. The number of methoxy groups -OCH3 is 1. The molecule has 0 saturated heterocycles. The monoisotopic (exact) mass is 356 g/mol. The normalized spacial score (nSPS) is 10.1. The van der Waals surface area contributed by atoms with Gasteiger partial charge in [0.05, 0.1) is 7.11 Å². The van der Waals surface area contributed by atoms with Gasteiger partial charge in [-0.25, -0.2) is 0 Å². The second kappa shape index (κ2) is 10.1. The van der Waals surface area contributed by atoms with E-state index in [-0.39, 0.29) is 18.4 Å². The SMILES string of the molecule is COc1ccc(CN(CCNC(=O)COc2ccccc2)C(C)=O)cc1. The molecule has 0 aliphatic rings. The lowest BCUT2D eigenvalue weighted by Gasteiger charge is -2.21. The molecule has 0 saturated carbocycles. The van der Waals surface area contributed by atoms with E-state index in [4.69, 9.17) is 9.47 Å². The molecule has 2 rings (SSSR count). The number of benzene rings is 2. The van der Waals surface area contributed by atoms with Gasteiger partial charge in [-0.3, -0.25) is 9.59 Å². The molecule has 26 heavy (non-hydrogen) atoms. The van der Waals surface area contributed by atoms with Gasteiger partial charge >= 0.3 is 0 Å². The molecule has 2 aromatic rings. The van der Waals surface area contributed by atoms with Gasteiger partial charge in [0, 0.05) is 26.6 Å². The molecule has 0 spiro atoms. The first-order chi connectivity index (χ1) is 12.6. The van der Waals surface area contributed by atoms with Gasteiger partial charge in [-0.2, -0.15) is 0 Å². The average Bonchev–Trinajstić information content (AvgIpc) is 2.67. The van der Waals surface area contributed by atoms with Crippen LogP contribution in [0.4, 0.5) is 0 Å². The lowest BCUT2D eigenvalue weighted by Crippen LogP contribution is -2.38. The molecular weight excluding hydrogens is 332 g/mol. The number of carbonyl (C=O) groups excluding carboxylic acids is 2.